The molecule has 0 aliphatic heterocycles. The molecule has 3 heteroatoms. The lowest BCUT2D eigenvalue weighted by Gasteiger charge is -2.41. The molecule has 0 saturated heterocycles. The minimum atomic E-state index is 0.181. The van der Waals surface area contributed by atoms with Crippen LogP contribution in [0.4, 0.5) is 0 Å². The Morgan fingerprint density at radius 3 is 1.96 bits per heavy atom. The van der Waals surface area contributed by atoms with Crippen LogP contribution in [0.15, 0.2) is 24.3 Å². The molecule has 2 saturated carbocycles. The average Bonchev–Trinajstić information content (AvgIpc) is 2.70. The van der Waals surface area contributed by atoms with Crippen molar-refractivity contribution in [3.8, 4) is 5.75 Å². The van der Waals surface area contributed by atoms with Gasteiger partial charge in [0.1, 0.15) is 5.75 Å². The first kappa shape index (κ1) is 19.3. The summed E-state index contributed by atoms with van der Waals surface area (Å²) in [5, 5.41) is 0. The maximum absolute atomic E-state index is 13.1. The number of rotatable bonds is 7. The van der Waals surface area contributed by atoms with Gasteiger partial charge in [-0.2, -0.15) is 0 Å². The Hall–Kier alpha value is -1.51. The van der Waals surface area contributed by atoms with Gasteiger partial charge in [0.15, 0.2) is 6.61 Å². The van der Waals surface area contributed by atoms with Crippen LogP contribution in [0.2, 0.25) is 0 Å². The van der Waals surface area contributed by atoms with Gasteiger partial charge in [0.2, 0.25) is 0 Å². The van der Waals surface area contributed by atoms with Crippen molar-refractivity contribution in [2.24, 2.45) is 0 Å². The lowest BCUT2D eigenvalue weighted by Crippen LogP contribution is -2.50. The number of carbonyl (C=O) groups is 1. The molecular formula is C23H35NO2. The van der Waals surface area contributed by atoms with Gasteiger partial charge in [-0.15, -0.1) is 0 Å². The highest BCUT2D eigenvalue weighted by atomic mass is 16.5. The number of amides is 1. The molecule has 2 aliphatic carbocycles. The van der Waals surface area contributed by atoms with E-state index in [0.717, 1.165) is 18.6 Å². The molecule has 0 heterocycles. The van der Waals surface area contributed by atoms with Crippen molar-refractivity contribution in [3.63, 3.8) is 0 Å². The molecule has 0 unspecified atom stereocenters. The smallest absolute Gasteiger partial charge is 0.261 e. The monoisotopic (exact) mass is 357 g/mol. The van der Waals surface area contributed by atoms with Gasteiger partial charge < -0.3 is 9.64 Å². The zero-order valence-corrected chi connectivity index (χ0v) is 16.4. The van der Waals surface area contributed by atoms with E-state index in [4.69, 9.17) is 4.74 Å². The topological polar surface area (TPSA) is 29.5 Å². The van der Waals surface area contributed by atoms with E-state index in [1.807, 2.05) is 12.1 Å². The molecule has 2 fully saturated rings. The first-order chi connectivity index (χ1) is 12.8. The van der Waals surface area contributed by atoms with Crippen LogP contribution < -0.4 is 4.74 Å². The molecule has 144 valence electrons. The van der Waals surface area contributed by atoms with Crippen LogP contribution in [0.3, 0.4) is 0 Å². The largest absolute Gasteiger partial charge is 0.484 e. The number of carbonyl (C=O) groups excluding carboxylic acids is 1. The highest BCUT2D eigenvalue weighted by Gasteiger charge is 2.32. The summed E-state index contributed by atoms with van der Waals surface area (Å²) in [6.45, 7) is 2.37. The number of ether oxygens (including phenoxy) is 1. The van der Waals surface area contributed by atoms with E-state index < -0.39 is 0 Å². The van der Waals surface area contributed by atoms with Crippen LogP contribution in [0.1, 0.15) is 83.1 Å². The highest BCUT2D eigenvalue weighted by molar-refractivity contribution is 5.78. The fraction of sp³-hybridized carbons (Fsp3) is 0.696. The minimum Gasteiger partial charge on any atom is -0.484 e. The van der Waals surface area contributed by atoms with Gasteiger partial charge in [0.25, 0.3) is 5.91 Å². The van der Waals surface area contributed by atoms with Crippen LogP contribution in [0.25, 0.3) is 0 Å². The average molecular weight is 358 g/mol. The highest BCUT2D eigenvalue weighted by Crippen LogP contribution is 2.30. The van der Waals surface area contributed by atoms with E-state index in [1.165, 1.54) is 69.8 Å². The molecule has 0 radical (unpaired) electrons. The fourth-order valence-electron chi connectivity index (χ4n) is 4.68. The van der Waals surface area contributed by atoms with E-state index in [9.17, 15) is 4.79 Å². The summed E-state index contributed by atoms with van der Waals surface area (Å²) in [5.41, 5.74) is 1.33. The summed E-state index contributed by atoms with van der Waals surface area (Å²) in [6.07, 6.45) is 14.6. The third-order valence-electron chi connectivity index (χ3n) is 6.05. The molecule has 1 aromatic rings. The van der Waals surface area contributed by atoms with Crippen LogP contribution in [0, 0.1) is 0 Å². The molecule has 2 aliphatic rings. The molecular weight excluding hydrogens is 322 g/mol. The molecule has 3 nitrogen and oxygen atoms in total. The second-order valence-electron chi connectivity index (χ2n) is 8.07. The van der Waals surface area contributed by atoms with Gasteiger partial charge in [-0.1, -0.05) is 64.0 Å². The second-order valence-corrected chi connectivity index (χ2v) is 8.07. The van der Waals surface area contributed by atoms with E-state index in [2.05, 4.69) is 24.0 Å². The predicted octanol–water partition coefficient (Wildman–Crippen LogP) is 5.51. The van der Waals surface area contributed by atoms with E-state index >= 15 is 0 Å². The first-order valence-corrected chi connectivity index (χ1v) is 10.8. The van der Waals surface area contributed by atoms with E-state index in [0.29, 0.717) is 12.1 Å². The molecule has 0 N–H and O–H groups in total. The van der Waals surface area contributed by atoms with E-state index in [-0.39, 0.29) is 12.5 Å². The Morgan fingerprint density at radius 2 is 1.46 bits per heavy atom. The molecule has 3 rings (SSSR count). The molecule has 1 aromatic carbocycles. The van der Waals surface area contributed by atoms with Gasteiger partial charge in [-0.3, -0.25) is 4.79 Å². The number of benzene rings is 1. The quantitative estimate of drug-likeness (QED) is 0.644. The number of nitrogens with zero attached hydrogens (tertiary/aromatic N) is 1. The SMILES string of the molecule is CCCc1ccc(OCC(=O)N(C2CCCCC2)C2CCCCC2)cc1. The lowest BCUT2D eigenvalue weighted by atomic mass is 9.88. The van der Waals surface area contributed by atoms with Gasteiger partial charge in [0, 0.05) is 12.1 Å². The van der Waals surface area contributed by atoms with Crippen molar-refractivity contribution in [2.75, 3.05) is 6.61 Å². The Bertz CT molecular complexity index is 524. The van der Waals surface area contributed by atoms with Crippen LogP contribution in [-0.4, -0.2) is 29.5 Å². The summed E-state index contributed by atoms with van der Waals surface area (Å²) in [6, 6.07) is 9.12. The Morgan fingerprint density at radius 1 is 0.923 bits per heavy atom. The van der Waals surface area contributed by atoms with Crippen LogP contribution in [-0.2, 0) is 11.2 Å². The summed E-state index contributed by atoms with van der Waals surface area (Å²) < 4.78 is 5.87. The van der Waals surface area contributed by atoms with Gasteiger partial charge in [-0.05, 0) is 49.8 Å². The second kappa shape index (κ2) is 9.99. The van der Waals surface area contributed by atoms with Crippen molar-refractivity contribution in [1.82, 2.24) is 4.90 Å². The van der Waals surface area contributed by atoms with E-state index in [1.54, 1.807) is 0 Å². The molecule has 0 spiro atoms. The Labute approximate surface area is 159 Å². The van der Waals surface area contributed by atoms with Crippen molar-refractivity contribution >= 4 is 5.91 Å². The standard InChI is InChI=1S/C23H35NO2/c1-2-9-19-14-16-22(17-15-19)26-18-23(25)24(20-10-5-3-6-11-20)21-12-7-4-8-13-21/h14-17,20-21H,2-13,18H2,1H3. The molecule has 1 amide bonds. The summed E-state index contributed by atoms with van der Waals surface area (Å²) >= 11 is 0. The number of hydrogen-bond acceptors (Lipinski definition) is 2. The Kier molecular flexibility index (Phi) is 7.40. The van der Waals surface area contributed by atoms with Crippen molar-refractivity contribution in [1.29, 1.82) is 0 Å². The van der Waals surface area contributed by atoms with Gasteiger partial charge in [0.05, 0.1) is 0 Å². The van der Waals surface area contributed by atoms with Crippen LogP contribution >= 0.6 is 0 Å². The predicted molar refractivity (Wildman–Crippen MR) is 107 cm³/mol. The number of hydrogen-bond donors (Lipinski definition) is 0. The lowest BCUT2D eigenvalue weighted by molar-refractivity contribution is -0.140. The third kappa shape index (κ3) is 5.25. The summed E-state index contributed by atoms with van der Waals surface area (Å²) in [4.78, 5) is 15.3. The maximum Gasteiger partial charge on any atom is 0.261 e. The normalized spacial score (nSPS) is 19.3. The Balaban J connectivity index is 1.60. The minimum absolute atomic E-state index is 0.181. The molecule has 0 atom stereocenters. The zero-order valence-electron chi connectivity index (χ0n) is 16.4. The first-order valence-electron chi connectivity index (χ1n) is 10.8. The molecule has 0 bridgehead atoms. The molecule has 26 heavy (non-hydrogen) atoms. The molecule has 0 aromatic heterocycles. The third-order valence-corrected chi connectivity index (χ3v) is 6.05. The maximum atomic E-state index is 13.1. The van der Waals surface area contributed by atoms with Gasteiger partial charge in [-0.25, -0.2) is 0 Å². The van der Waals surface area contributed by atoms with Crippen molar-refractivity contribution in [3.05, 3.63) is 29.8 Å². The fourth-order valence-corrected chi connectivity index (χ4v) is 4.68. The van der Waals surface area contributed by atoms with Crippen LogP contribution in [0.5, 0.6) is 5.75 Å². The van der Waals surface area contributed by atoms with Gasteiger partial charge >= 0.3 is 0 Å². The van der Waals surface area contributed by atoms with Crippen molar-refractivity contribution < 1.29 is 9.53 Å². The zero-order chi connectivity index (χ0) is 18.2. The summed E-state index contributed by atoms with van der Waals surface area (Å²) in [5.74, 6) is 1.01. The van der Waals surface area contributed by atoms with Crippen molar-refractivity contribution in [2.45, 2.75) is 96.1 Å². The number of aryl methyl sites for hydroxylation is 1. The summed E-state index contributed by atoms with van der Waals surface area (Å²) in [7, 11) is 0.